The number of amides is 2. The van der Waals surface area contributed by atoms with Gasteiger partial charge in [0, 0.05) is 13.1 Å². The van der Waals surface area contributed by atoms with E-state index in [4.69, 9.17) is 0 Å². The minimum absolute atomic E-state index is 0.117. The highest BCUT2D eigenvalue weighted by Crippen LogP contribution is 2.26. The first-order valence-electron chi connectivity index (χ1n) is 10.5. The Balaban J connectivity index is 2.09. The van der Waals surface area contributed by atoms with Gasteiger partial charge in [-0.3, -0.25) is 9.59 Å². The summed E-state index contributed by atoms with van der Waals surface area (Å²) in [6, 6.07) is 6.43. The fourth-order valence-electron chi connectivity index (χ4n) is 3.88. The van der Waals surface area contributed by atoms with Crippen LogP contribution in [0.15, 0.2) is 18.2 Å². The van der Waals surface area contributed by atoms with Gasteiger partial charge in [0.2, 0.25) is 0 Å². The number of nitrogens with zero attached hydrogens (tertiary/aromatic N) is 1. The number of hydrogen-bond acceptors (Lipinski definition) is 2. The minimum atomic E-state index is -0.485. The van der Waals surface area contributed by atoms with Crippen LogP contribution in [0.2, 0.25) is 0 Å². The molecule has 2 amide bonds. The van der Waals surface area contributed by atoms with Gasteiger partial charge in [0.1, 0.15) is 0 Å². The molecule has 0 aromatic heterocycles. The Labute approximate surface area is 164 Å². The average Bonchev–Trinajstić information content (AvgIpc) is 2.63. The molecule has 4 nitrogen and oxygen atoms in total. The van der Waals surface area contributed by atoms with E-state index in [1.54, 1.807) is 4.90 Å². The van der Waals surface area contributed by atoms with E-state index < -0.39 is 11.8 Å². The summed E-state index contributed by atoms with van der Waals surface area (Å²) < 4.78 is 0. The number of benzene rings is 1. The van der Waals surface area contributed by atoms with Gasteiger partial charge in [-0.15, -0.1) is 0 Å². The molecular formula is C23H36N2O2. The minimum Gasteiger partial charge on any atom is -0.341 e. The lowest BCUT2D eigenvalue weighted by Gasteiger charge is -2.27. The molecule has 27 heavy (non-hydrogen) atoms. The number of rotatable bonds is 7. The van der Waals surface area contributed by atoms with Gasteiger partial charge in [0.25, 0.3) is 0 Å². The molecule has 150 valence electrons. The standard InChI is InChI=1S/C23H36N2O2/c1-6-21(20-12-11-18-9-7-8-10-19(18)13-20)24-22(26)23(27)25(14-16(2)3)15-17(4)5/h11-13,16-17,21H,6-10,14-15H2,1-5H3,(H,24,26). The van der Waals surface area contributed by atoms with Gasteiger partial charge in [-0.2, -0.15) is 0 Å². The van der Waals surface area contributed by atoms with Crippen LogP contribution in [-0.4, -0.2) is 29.8 Å². The zero-order chi connectivity index (χ0) is 20.0. The van der Waals surface area contributed by atoms with Crippen LogP contribution in [0.3, 0.4) is 0 Å². The molecule has 0 saturated heterocycles. The third-order valence-corrected chi connectivity index (χ3v) is 5.14. The highest BCUT2D eigenvalue weighted by molar-refractivity contribution is 6.35. The van der Waals surface area contributed by atoms with Crippen molar-refractivity contribution in [3.63, 3.8) is 0 Å². The average molecular weight is 373 g/mol. The topological polar surface area (TPSA) is 49.4 Å². The van der Waals surface area contributed by atoms with Gasteiger partial charge in [0.15, 0.2) is 0 Å². The molecule has 2 rings (SSSR count). The van der Waals surface area contributed by atoms with E-state index in [0.29, 0.717) is 24.9 Å². The zero-order valence-electron chi connectivity index (χ0n) is 17.7. The van der Waals surface area contributed by atoms with Crippen molar-refractivity contribution in [1.82, 2.24) is 10.2 Å². The lowest BCUT2D eigenvalue weighted by atomic mass is 9.89. The number of carbonyl (C=O) groups is 2. The number of aryl methyl sites for hydroxylation is 2. The van der Waals surface area contributed by atoms with Crippen molar-refractivity contribution in [3.8, 4) is 0 Å². The van der Waals surface area contributed by atoms with E-state index in [1.807, 2.05) is 0 Å². The SMILES string of the molecule is CCC(NC(=O)C(=O)N(CC(C)C)CC(C)C)c1ccc2c(c1)CCCC2. The normalized spacial score (nSPS) is 14.8. The maximum Gasteiger partial charge on any atom is 0.311 e. The molecule has 0 radical (unpaired) electrons. The molecule has 0 saturated carbocycles. The van der Waals surface area contributed by atoms with Crippen LogP contribution in [0.25, 0.3) is 0 Å². The summed E-state index contributed by atoms with van der Waals surface area (Å²) in [4.78, 5) is 27.1. The van der Waals surface area contributed by atoms with Crippen molar-refractivity contribution in [1.29, 1.82) is 0 Å². The largest absolute Gasteiger partial charge is 0.341 e. The molecule has 0 aliphatic heterocycles. The highest BCUT2D eigenvalue weighted by atomic mass is 16.2. The maximum atomic E-state index is 12.7. The summed E-state index contributed by atoms with van der Waals surface area (Å²) >= 11 is 0. The van der Waals surface area contributed by atoms with Gasteiger partial charge in [0.05, 0.1) is 6.04 Å². The van der Waals surface area contributed by atoms with E-state index in [0.717, 1.165) is 24.8 Å². The Hall–Kier alpha value is -1.84. The number of hydrogen-bond donors (Lipinski definition) is 1. The molecule has 1 aliphatic rings. The predicted octanol–water partition coefficient (Wildman–Crippen LogP) is 4.27. The summed E-state index contributed by atoms with van der Waals surface area (Å²) in [5.74, 6) is -0.221. The van der Waals surface area contributed by atoms with Crippen molar-refractivity contribution in [2.45, 2.75) is 72.8 Å². The molecule has 1 aliphatic carbocycles. The molecule has 0 fully saturated rings. The fraction of sp³-hybridized carbons (Fsp3) is 0.652. The van der Waals surface area contributed by atoms with Crippen molar-refractivity contribution in [3.05, 3.63) is 34.9 Å². The van der Waals surface area contributed by atoms with Gasteiger partial charge < -0.3 is 10.2 Å². The third-order valence-electron chi connectivity index (χ3n) is 5.14. The molecule has 4 heteroatoms. The van der Waals surface area contributed by atoms with Crippen LogP contribution in [0.4, 0.5) is 0 Å². The van der Waals surface area contributed by atoms with Crippen molar-refractivity contribution in [2.24, 2.45) is 11.8 Å². The summed E-state index contributed by atoms with van der Waals surface area (Å²) in [7, 11) is 0. The lowest BCUT2D eigenvalue weighted by molar-refractivity contribution is -0.147. The second kappa shape index (κ2) is 9.91. The fourth-order valence-corrected chi connectivity index (χ4v) is 3.88. The van der Waals surface area contributed by atoms with Crippen molar-refractivity contribution < 1.29 is 9.59 Å². The molecule has 0 heterocycles. The highest BCUT2D eigenvalue weighted by Gasteiger charge is 2.25. The summed E-state index contributed by atoms with van der Waals surface area (Å²) in [5.41, 5.74) is 3.94. The van der Waals surface area contributed by atoms with Gasteiger partial charge >= 0.3 is 11.8 Å². The third kappa shape index (κ3) is 6.08. The predicted molar refractivity (Wildman–Crippen MR) is 111 cm³/mol. The van der Waals surface area contributed by atoms with Gasteiger partial charge in [-0.25, -0.2) is 0 Å². The Bertz CT molecular complexity index is 642. The van der Waals surface area contributed by atoms with Crippen LogP contribution in [0.5, 0.6) is 0 Å². The zero-order valence-corrected chi connectivity index (χ0v) is 17.7. The molecule has 1 aromatic carbocycles. The van der Waals surface area contributed by atoms with E-state index >= 15 is 0 Å². The second-order valence-corrected chi connectivity index (χ2v) is 8.67. The van der Waals surface area contributed by atoms with Gasteiger partial charge in [-0.05, 0) is 60.6 Å². The summed E-state index contributed by atoms with van der Waals surface area (Å²) in [6.45, 7) is 11.6. The van der Waals surface area contributed by atoms with Crippen LogP contribution in [-0.2, 0) is 22.4 Å². The Morgan fingerprint density at radius 2 is 1.59 bits per heavy atom. The smallest absolute Gasteiger partial charge is 0.311 e. The van der Waals surface area contributed by atoms with Crippen molar-refractivity contribution >= 4 is 11.8 Å². The second-order valence-electron chi connectivity index (χ2n) is 8.67. The lowest BCUT2D eigenvalue weighted by Crippen LogP contribution is -2.46. The van der Waals surface area contributed by atoms with Crippen LogP contribution < -0.4 is 5.32 Å². The Kier molecular flexibility index (Phi) is 7.88. The van der Waals surface area contributed by atoms with Crippen molar-refractivity contribution in [2.75, 3.05) is 13.1 Å². The molecule has 1 unspecified atom stereocenters. The van der Waals surface area contributed by atoms with E-state index in [9.17, 15) is 9.59 Å². The molecule has 0 bridgehead atoms. The Morgan fingerprint density at radius 1 is 1.00 bits per heavy atom. The van der Waals surface area contributed by atoms with Crippen LogP contribution in [0, 0.1) is 11.8 Å². The summed E-state index contributed by atoms with van der Waals surface area (Å²) in [5, 5.41) is 2.99. The molecular weight excluding hydrogens is 336 g/mol. The maximum absolute atomic E-state index is 12.7. The molecule has 1 aromatic rings. The van der Waals surface area contributed by atoms with Crippen LogP contribution >= 0.6 is 0 Å². The molecule has 1 atom stereocenters. The van der Waals surface area contributed by atoms with Gasteiger partial charge in [-0.1, -0.05) is 52.8 Å². The first kappa shape index (κ1) is 21.5. The first-order chi connectivity index (χ1) is 12.8. The van der Waals surface area contributed by atoms with Crippen LogP contribution in [0.1, 0.15) is 76.6 Å². The van der Waals surface area contributed by atoms with E-state index in [-0.39, 0.29) is 6.04 Å². The summed E-state index contributed by atoms with van der Waals surface area (Å²) in [6.07, 6.45) is 5.53. The Morgan fingerprint density at radius 3 is 2.15 bits per heavy atom. The van der Waals surface area contributed by atoms with E-state index in [2.05, 4.69) is 58.1 Å². The number of nitrogens with one attached hydrogen (secondary N) is 1. The molecule has 1 N–H and O–H groups in total. The number of carbonyl (C=O) groups excluding carboxylic acids is 2. The van der Waals surface area contributed by atoms with E-state index in [1.165, 1.54) is 24.0 Å². The monoisotopic (exact) mass is 372 g/mol. The molecule has 0 spiro atoms. The quantitative estimate of drug-likeness (QED) is 0.727. The number of fused-ring (bicyclic) bond motifs is 1. The first-order valence-corrected chi connectivity index (χ1v) is 10.5.